The summed E-state index contributed by atoms with van der Waals surface area (Å²) in [6, 6.07) is 8.94. The Balaban J connectivity index is 1.77. The van der Waals surface area contributed by atoms with Crippen molar-refractivity contribution in [1.82, 2.24) is 4.90 Å². The number of piperidine rings is 1. The van der Waals surface area contributed by atoms with Crippen LogP contribution in [0.25, 0.3) is 0 Å². The molecule has 1 saturated heterocycles. The Morgan fingerprint density at radius 2 is 1.62 bits per heavy atom. The van der Waals surface area contributed by atoms with Crippen LogP contribution in [0, 0.1) is 17.8 Å². The van der Waals surface area contributed by atoms with E-state index in [2.05, 4.69) is 0 Å². The number of fused-ring (bicyclic) bond motifs is 2. The lowest BCUT2D eigenvalue weighted by atomic mass is 9.71. The van der Waals surface area contributed by atoms with Crippen molar-refractivity contribution in [2.45, 2.75) is 12.8 Å². The van der Waals surface area contributed by atoms with Gasteiger partial charge >= 0.3 is 0 Å². The number of likely N-dealkylation sites (tertiary alicyclic amines) is 1. The summed E-state index contributed by atoms with van der Waals surface area (Å²) in [5.41, 5.74) is 0.598. The van der Waals surface area contributed by atoms with Crippen LogP contribution < -0.4 is 5.11 Å². The van der Waals surface area contributed by atoms with Crippen molar-refractivity contribution in [3.8, 4) is 0 Å². The van der Waals surface area contributed by atoms with E-state index < -0.39 is 11.9 Å². The topological polar surface area (TPSA) is 77.5 Å². The summed E-state index contributed by atoms with van der Waals surface area (Å²) in [4.78, 5) is 37.3. The summed E-state index contributed by atoms with van der Waals surface area (Å²) in [7, 11) is 0. The van der Waals surface area contributed by atoms with Crippen molar-refractivity contribution in [3.05, 3.63) is 35.9 Å². The van der Waals surface area contributed by atoms with E-state index in [1.165, 1.54) is 0 Å². The van der Waals surface area contributed by atoms with E-state index in [-0.39, 0.29) is 36.4 Å². The normalized spacial score (nSPS) is 28.3. The quantitative estimate of drug-likeness (QED) is 0.772. The van der Waals surface area contributed by atoms with Crippen LogP contribution in [-0.2, 0) is 9.59 Å². The molecular weight excluding hydrogens is 270 g/mol. The number of benzene rings is 1. The molecule has 3 rings (SSSR count). The standard InChI is InChI=1S/C16H17NO4/c18-14-12-6-11(16(20)21)7-13(14)9-17(8-12)15(19)10-4-2-1-3-5-10/h1-5,11-13H,6-9H2,(H,20,21)/p-1/t11?,12-,13+. The zero-order valence-electron chi connectivity index (χ0n) is 11.5. The van der Waals surface area contributed by atoms with Crippen LogP contribution in [0.15, 0.2) is 30.3 Å². The van der Waals surface area contributed by atoms with Gasteiger partial charge in [0, 0.05) is 42.4 Å². The minimum absolute atomic E-state index is 0.0926. The number of nitrogens with zero attached hydrogens (tertiary/aromatic N) is 1. The molecule has 2 aliphatic rings. The van der Waals surface area contributed by atoms with Crippen molar-refractivity contribution in [1.29, 1.82) is 0 Å². The highest BCUT2D eigenvalue weighted by molar-refractivity contribution is 5.96. The van der Waals surface area contributed by atoms with Gasteiger partial charge in [-0.1, -0.05) is 18.2 Å². The molecule has 0 N–H and O–H groups in total. The third kappa shape index (κ3) is 2.55. The highest BCUT2D eigenvalue weighted by Crippen LogP contribution is 2.35. The number of carbonyl (C=O) groups is 3. The van der Waals surface area contributed by atoms with Gasteiger partial charge in [-0.15, -0.1) is 0 Å². The number of hydrogen-bond acceptors (Lipinski definition) is 4. The van der Waals surface area contributed by atoms with E-state index >= 15 is 0 Å². The Labute approximate surface area is 122 Å². The van der Waals surface area contributed by atoms with Gasteiger partial charge in [-0.05, 0) is 25.0 Å². The van der Waals surface area contributed by atoms with Crippen LogP contribution in [0.5, 0.6) is 0 Å². The third-order valence-corrected chi connectivity index (χ3v) is 4.47. The molecule has 21 heavy (non-hydrogen) atoms. The Morgan fingerprint density at radius 3 is 2.14 bits per heavy atom. The fourth-order valence-corrected chi connectivity index (χ4v) is 3.41. The summed E-state index contributed by atoms with van der Waals surface area (Å²) < 4.78 is 0. The number of carboxylic acids is 1. The first-order valence-corrected chi connectivity index (χ1v) is 7.15. The Kier molecular flexibility index (Phi) is 3.49. The van der Waals surface area contributed by atoms with Crippen molar-refractivity contribution in [2.75, 3.05) is 13.1 Å². The highest BCUT2D eigenvalue weighted by Gasteiger charge is 2.43. The zero-order valence-corrected chi connectivity index (χ0v) is 11.5. The summed E-state index contributed by atoms with van der Waals surface area (Å²) in [6.07, 6.45) is 0.576. The monoisotopic (exact) mass is 286 g/mol. The van der Waals surface area contributed by atoms with Gasteiger partial charge in [0.2, 0.25) is 0 Å². The van der Waals surface area contributed by atoms with E-state index in [4.69, 9.17) is 0 Å². The number of amides is 1. The molecule has 1 aromatic carbocycles. The molecule has 2 fully saturated rings. The van der Waals surface area contributed by atoms with Gasteiger partial charge < -0.3 is 14.8 Å². The number of carboxylic acid groups (broad SMARTS) is 1. The lowest BCUT2D eigenvalue weighted by Gasteiger charge is -2.43. The predicted octanol–water partition coefficient (Wildman–Crippen LogP) is 0.104. The Morgan fingerprint density at radius 1 is 1.05 bits per heavy atom. The summed E-state index contributed by atoms with van der Waals surface area (Å²) in [5.74, 6) is -2.37. The maximum atomic E-state index is 12.4. The number of ketones is 1. The molecule has 1 amide bonds. The molecular formula is C16H16NO4-. The molecule has 5 nitrogen and oxygen atoms in total. The second-order valence-electron chi connectivity index (χ2n) is 5.86. The maximum Gasteiger partial charge on any atom is 0.253 e. The van der Waals surface area contributed by atoms with Crippen molar-refractivity contribution in [2.24, 2.45) is 17.8 Å². The van der Waals surface area contributed by atoms with Gasteiger partial charge in [0.1, 0.15) is 5.78 Å². The zero-order chi connectivity index (χ0) is 15.0. The molecule has 1 aromatic rings. The molecule has 110 valence electrons. The summed E-state index contributed by atoms with van der Waals surface area (Å²) >= 11 is 0. The number of rotatable bonds is 2. The molecule has 1 unspecified atom stereocenters. The van der Waals surface area contributed by atoms with Gasteiger partial charge in [-0.25, -0.2) is 0 Å². The average Bonchev–Trinajstić information content (AvgIpc) is 2.47. The first-order chi connectivity index (χ1) is 10.1. The number of hydrogen-bond donors (Lipinski definition) is 0. The third-order valence-electron chi connectivity index (χ3n) is 4.47. The molecule has 1 aliphatic carbocycles. The summed E-state index contributed by atoms with van der Waals surface area (Å²) in [5, 5.41) is 11.0. The Hall–Kier alpha value is -2.17. The lowest BCUT2D eigenvalue weighted by Crippen LogP contribution is -2.54. The highest BCUT2D eigenvalue weighted by atomic mass is 16.4. The minimum Gasteiger partial charge on any atom is -0.550 e. The minimum atomic E-state index is -1.08. The Bertz CT molecular complexity index is 565. The van der Waals surface area contributed by atoms with Gasteiger partial charge in [-0.3, -0.25) is 9.59 Å². The molecule has 0 aromatic heterocycles. The van der Waals surface area contributed by atoms with E-state index in [1.54, 1.807) is 29.2 Å². The van der Waals surface area contributed by atoms with E-state index in [1.807, 2.05) is 6.07 Å². The smallest absolute Gasteiger partial charge is 0.253 e. The second-order valence-corrected chi connectivity index (χ2v) is 5.86. The maximum absolute atomic E-state index is 12.4. The number of Topliss-reactive ketones (excluding diaryl/α,β-unsaturated/α-hetero) is 1. The largest absolute Gasteiger partial charge is 0.550 e. The molecule has 5 heteroatoms. The van der Waals surface area contributed by atoms with E-state index in [0.717, 1.165) is 0 Å². The van der Waals surface area contributed by atoms with Crippen LogP contribution in [-0.4, -0.2) is 35.6 Å². The molecule has 1 heterocycles. The van der Waals surface area contributed by atoms with Crippen LogP contribution in [0.3, 0.4) is 0 Å². The number of carbonyl (C=O) groups excluding carboxylic acids is 3. The van der Waals surface area contributed by atoms with Crippen molar-refractivity contribution in [3.63, 3.8) is 0 Å². The molecule has 2 bridgehead atoms. The SMILES string of the molecule is O=C([O-])C1C[C@@H]2CN(C(=O)c3ccccc3)C[C@H](C1)C2=O. The van der Waals surface area contributed by atoms with Crippen LogP contribution in [0.2, 0.25) is 0 Å². The molecule has 1 aliphatic heterocycles. The first kappa shape index (κ1) is 13.8. The lowest BCUT2D eigenvalue weighted by molar-refractivity contribution is -0.313. The van der Waals surface area contributed by atoms with Crippen LogP contribution >= 0.6 is 0 Å². The van der Waals surface area contributed by atoms with Gasteiger partial charge in [0.05, 0.1) is 0 Å². The molecule has 3 atom stereocenters. The van der Waals surface area contributed by atoms with Gasteiger partial charge in [0.15, 0.2) is 0 Å². The van der Waals surface area contributed by atoms with Crippen LogP contribution in [0.4, 0.5) is 0 Å². The summed E-state index contributed by atoms with van der Waals surface area (Å²) in [6.45, 7) is 0.625. The van der Waals surface area contributed by atoms with Crippen molar-refractivity contribution < 1.29 is 19.5 Å². The average molecular weight is 286 g/mol. The molecule has 0 radical (unpaired) electrons. The van der Waals surface area contributed by atoms with E-state index in [0.29, 0.717) is 18.7 Å². The fourth-order valence-electron chi connectivity index (χ4n) is 3.41. The molecule has 1 saturated carbocycles. The van der Waals surface area contributed by atoms with Gasteiger partial charge in [0.25, 0.3) is 5.91 Å². The van der Waals surface area contributed by atoms with E-state index in [9.17, 15) is 19.5 Å². The van der Waals surface area contributed by atoms with Gasteiger partial charge in [-0.2, -0.15) is 0 Å². The fraction of sp³-hybridized carbons (Fsp3) is 0.438. The second kappa shape index (κ2) is 5.31. The van der Waals surface area contributed by atoms with Crippen LogP contribution in [0.1, 0.15) is 23.2 Å². The number of aliphatic carboxylic acids is 1. The molecule has 0 spiro atoms. The van der Waals surface area contributed by atoms with Crippen molar-refractivity contribution >= 4 is 17.7 Å². The first-order valence-electron chi connectivity index (χ1n) is 7.15. The predicted molar refractivity (Wildman–Crippen MR) is 72.1 cm³/mol.